The van der Waals surface area contributed by atoms with Gasteiger partial charge in [0.25, 0.3) is 5.91 Å². The van der Waals surface area contributed by atoms with Crippen LogP contribution in [0.3, 0.4) is 0 Å². The highest BCUT2D eigenvalue weighted by Crippen LogP contribution is 2.30. The van der Waals surface area contributed by atoms with E-state index in [2.05, 4.69) is 62.2 Å². The zero-order valence-corrected chi connectivity index (χ0v) is 25.5. The molecular weight excluding hydrogens is 542 g/mol. The third-order valence-corrected chi connectivity index (χ3v) is 8.19. The van der Waals surface area contributed by atoms with Gasteiger partial charge in [0.05, 0.1) is 13.2 Å². The van der Waals surface area contributed by atoms with Gasteiger partial charge in [-0.15, -0.1) is 0 Å². The molecule has 3 aromatic rings. The molecule has 230 valence electrons. The van der Waals surface area contributed by atoms with Crippen LogP contribution in [0.15, 0.2) is 61.2 Å². The SMILES string of the molecule is COCC(=O)N1CCCCCCCN(Cc2ccc(OCCN3CCOCC3)cc2)Cc2cc(-c3cncnc3)ccc21. The van der Waals surface area contributed by atoms with Crippen molar-refractivity contribution in [3.8, 4) is 16.9 Å². The minimum Gasteiger partial charge on any atom is -0.492 e. The van der Waals surface area contributed by atoms with Gasteiger partial charge in [-0.25, -0.2) is 9.97 Å². The van der Waals surface area contributed by atoms with E-state index in [0.29, 0.717) is 13.2 Å². The number of fused-ring (bicyclic) bond motifs is 1. The monoisotopic (exact) mass is 587 g/mol. The molecule has 0 bridgehead atoms. The summed E-state index contributed by atoms with van der Waals surface area (Å²) in [6.45, 7) is 8.44. The van der Waals surface area contributed by atoms with Crippen molar-refractivity contribution in [1.29, 1.82) is 0 Å². The largest absolute Gasteiger partial charge is 0.492 e. The predicted octanol–water partition coefficient (Wildman–Crippen LogP) is 4.80. The summed E-state index contributed by atoms with van der Waals surface area (Å²) in [5.41, 5.74) is 5.33. The molecule has 2 aliphatic heterocycles. The number of ether oxygens (including phenoxy) is 3. The van der Waals surface area contributed by atoms with E-state index in [9.17, 15) is 4.79 Å². The lowest BCUT2D eigenvalue weighted by Crippen LogP contribution is -2.38. The van der Waals surface area contributed by atoms with E-state index >= 15 is 0 Å². The minimum atomic E-state index is -0.00707. The Labute approximate surface area is 255 Å². The number of benzene rings is 2. The van der Waals surface area contributed by atoms with Gasteiger partial charge in [0.2, 0.25) is 0 Å². The standard InChI is InChI=1S/C34H45N5O4/c1-41-26-34(40)39-14-6-4-2-3-5-13-38(25-30-21-29(9-12-33(30)39)31-22-35-27-36-23-31)24-28-7-10-32(11-8-28)43-20-17-37-15-18-42-19-16-37/h7-12,21-23,27H,2-6,13-20,24-26H2,1H3. The van der Waals surface area contributed by atoms with Crippen molar-refractivity contribution in [2.75, 3.05) is 71.2 Å². The highest BCUT2D eigenvalue weighted by molar-refractivity contribution is 5.95. The number of amides is 1. The number of carbonyl (C=O) groups is 1. The van der Waals surface area contributed by atoms with Gasteiger partial charge in [0.1, 0.15) is 25.3 Å². The Bertz CT molecular complexity index is 1270. The Morgan fingerprint density at radius 3 is 2.37 bits per heavy atom. The van der Waals surface area contributed by atoms with Gasteiger partial charge in [0, 0.05) is 70.0 Å². The number of hydrogen-bond acceptors (Lipinski definition) is 8. The topological polar surface area (TPSA) is 80.3 Å². The number of carbonyl (C=O) groups excluding carboxylic acids is 1. The molecule has 0 radical (unpaired) electrons. The Morgan fingerprint density at radius 1 is 0.860 bits per heavy atom. The van der Waals surface area contributed by atoms with Crippen molar-refractivity contribution in [2.45, 2.75) is 45.2 Å². The number of rotatable bonds is 9. The van der Waals surface area contributed by atoms with Crippen molar-refractivity contribution in [3.63, 3.8) is 0 Å². The van der Waals surface area contributed by atoms with Crippen LogP contribution in [0.4, 0.5) is 5.69 Å². The number of methoxy groups -OCH3 is 1. The molecule has 9 heteroatoms. The van der Waals surface area contributed by atoms with Crippen LogP contribution in [0.25, 0.3) is 11.1 Å². The van der Waals surface area contributed by atoms with Crippen LogP contribution >= 0.6 is 0 Å². The van der Waals surface area contributed by atoms with Crippen LogP contribution in [-0.2, 0) is 27.4 Å². The van der Waals surface area contributed by atoms with E-state index in [-0.39, 0.29) is 12.5 Å². The molecule has 1 fully saturated rings. The van der Waals surface area contributed by atoms with Crippen molar-refractivity contribution in [3.05, 3.63) is 72.3 Å². The van der Waals surface area contributed by atoms with E-state index in [4.69, 9.17) is 14.2 Å². The quantitative estimate of drug-likeness (QED) is 0.353. The fourth-order valence-electron chi connectivity index (χ4n) is 5.84. The van der Waals surface area contributed by atoms with E-state index in [1.54, 1.807) is 13.4 Å². The zero-order valence-electron chi connectivity index (χ0n) is 25.5. The second-order valence-corrected chi connectivity index (χ2v) is 11.4. The summed E-state index contributed by atoms with van der Waals surface area (Å²) in [6, 6.07) is 14.9. The molecular formula is C34H45N5O4. The van der Waals surface area contributed by atoms with E-state index in [0.717, 1.165) is 99.9 Å². The molecule has 3 heterocycles. The average Bonchev–Trinajstić information content (AvgIpc) is 3.04. The van der Waals surface area contributed by atoms with E-state index in [1.807, 2.05) is 17.3 Å². The van der Waals surface area contributed by atoms with E-state index in [1.165, 1.54) is 18.4 Å². The summed E-state index contributed by atoms with van der Waals surface area (Å²) in [4.78, 5) is 28.5. The Balaban J connectivity index is 1.34. The molecule has 1 amide bonds. The second-order valence-electron chi connectivity index (χ2n) is 11.4. The summed E-state index contributed by atoms with van der Waals surface area (Å²) in [7, 11) is 1.58. The summed E-state index contributed by atoms with van der Waals surface area (Å²) < 4.78 is 16.8. The van der Waals surface area contributed by atoms with Crippen molar-refractivity contribution in [1.82, 2.24) is 19.8 Å². The van der Waals surface area contributed by atoms with Crippen molar-refractivity contribution in [2.24, 2.45) is 0 Å². The lowest BCUT2D eigenvalue weighted by atomic mass is 10.0. The summed E-state index contributed by atoms with van der Waals surface area (Å²) in [5.74, 6) is 0.894. The first kappa shape index (κ1) is 31.1. The third-order valence-electron chi connectivity index (χ3n) is 8.19. The number of morpholine rings is 1. The number of aromatic nitrogens is 2. The van der Waals surface area contributed by atoms with Gasteiger partial charge in [-0.1, -0.05) is 37.5 Å². The molecule has 0 saturated carbocycles. The average molecular weight is 588 g/mol. The fourth-order valence-corrected chi connectivity index (χ4v) is 5.84. The van der Waals surface area contributed by atoms with Crippen molar-refractivity contribution < 1.29 is 19.0 Å². The highest BCUT2D eigenvalue weighted by atomic mass is 16.5. The van der Waals surface area contributed by atoms with Gasteiger partial charge in [-0.2, -0.15) is 0 Å². The Morgan fingerprint density at radius 2 is 1.60 bits per heavy atom. The molecule has 0 aliphatic carbocycles. The lowest BCUT2D eigenvalue weighted by molar-refractivity contribution is -0.122. The van der Waals surface area contributed by atoms with Gasteiger partial charge < -0.3 is 19.1 Å². The van der Waals surface area contributed by atoms with Gasteiger partial charge in [-0.05, 0) is 60.3 Å². The van der Waals surface area contributed by atoms with Gasteiger partial charge in [0.15, 0.2) is 0 Å². The molecule has 0 N–H and O–H groups in total. The van der Waals surface area contributed by atoms with Crippen LogP contribution in [0.1, 0.15) is 43.2 Å². The molecule has 43 heavy (non-hydrogen) atoms. The van der Waals surface area contributed by atoms with Crippen LogP contribution < -0.4 is 9.64 Å². The fraction of sp³-hybridized carbons (Fsp3) is 0.500. The van der Waals surface area contributed by atoms with E-state index < -0.39 is 0 Å². The molecule has 9 nitrogen and oxygen atoms in total. The molecule has 2 aliphatic rings. The first-order chi connectivity index (χ1) is 21.2. The third kappa shape index (κ3) is 9.31. The summed E-state index contributed by atoms with van der Waals surface area (Å²) >= 11 is 0. The maximum atomic E-state index is 13.2. The Hall–Kier alpha value is -3.37. The highest BCUT2D eigenvalue weighted by Gasteiger charge is 2.21. The number of hydrogen-bond donors (Lipinski definition) is 0. The van der Waals surface area contributed by atoms with Gasteiger partial charge in [-0.3, -0.25) is 14.6 Å². The van der Waals surface area contributed by atoms with Gasteiger partial charge >= 0.3 is 0 Å². The van der Waals surface area contributed by atoms with Crippen LogP contribution in [0, 0.1) is 0 Å². The molecule has 5 rings (SSSR count). The summed E-state index contributed by atoms with van der Waals surface area (Å²) in [6.07, 6.45) is 10.8. The van der Waals surface area contributed by atoms with Crippen LogP contribution in [0.5, 0.6) is 5.75 Å². The number of anilines is 1. The Kier molecular flexibility index (Phi) is 11.9. The normalized spacial score (nSPS) is 17.5. The first-order valence-corrected chi connectivity index (χ1v) is 15.6. The predicted molar refractivity (Wildman–Crippen MR) is 168 cm³/mol. The molecule has 0 unspecified atom stereocenters. The second kappa shape index (κ2) is 16.5. The van der Waals surface area contributed by atoms with Crippen LogP contribution in [-0.4, -0.2) is 91.9 Å². The minimum absolute atomic E-state index is 0.00707. The summed E-state index contributed by atoms with van der Waals surface area (Å²) in [5, 5.41) is 0. The smallest absolute Gasteiger partial charge is 0.252 e. The molecule has 2 aromatic carbocycles. The van der Waals surface area contributed by atoms with Crippen LogP contribution in [0.2, 0.25) is 0 Å². The molecule has 0 spiro atoms. The number of nitrogens with zero attached hydrogens (tertiary/aromatic N) is 5. The molecule has 0 atom stereocenters. The molecule has 1 saturated heterocycles. The lowest BCUT2D eigenvalue weighted by Gasteiger charge is -2.30. The molecule has 1 aromatic heterocycles. The van der Waals surface area contributed by atoms with Crippen molar-refractivity contribution >= 4 is 11.6 Å². The maximum Gasteiger partial charge on any atom is 0.252 e. The maximum absolute atomic E-state index is 13.2. The first-order valence-electron chi connectivity index (χ1n) is 15.6. The zero-order chi connectivity index (χ0) is 29.7.